The predicted molar refractivity (Wildman–Crippen MR) is 150 cm³/mol. The van der Waals surface area contributed by atoms with Crippen molar-refractivity contribution in [3.8, 4) is 11.5 Å². The lowest BCUT2D eigenvalue weighted by molar-refractivity contribution is -0.121. The molecule has 3 aromatic carbocycles. The molecule has 37 heavy (non-hydrogen) atoms. The molecule has 0 aromatic heterocycles. The number of halogens is 2. The van der Waals surface area contributed by atoms with Crippen molar-refractivity contribution >= 4 is 68.1 Å². The van der Waals surface area contributed by atoms with Crippen LogP contribution in [0.2, 0.25) is 5.02 Å². The first-order valence-corrected chi connectivity index (χ1v) is 13.0. The van der Waals surface area contributed by atoms with Gasteiger partial charge in [-0.15, -0.1) is 0 Å². The second-order valence-electron chi connectivity index (χ2n) is 8.04. The van der Waals surface area contributed by atoms with Gasteiger partial charge in [-0.1, -0.05) is 35.9 Å². The van der Waals surface area contributed by atoms with Crippen LogP contribution in [0, 0.1) is 6.92 Å². The number of rotatable bonds is 7. The van der Waals surface area contributed by atoms with Crippen LogP contribution in [0.3, 0.4) is 0 Å². The highest BCUT2D eigenvalue weighted by molar-refractivity contribution is 9.10. The maximum absolute atomic E-state index is 12.9. The maximum Gasteiger partial charge on any atom is 0.336 e. The van der Waals surface area contributed by atoms with E-state index in [2.05, 4.69) is 20.9 Å². The molecule has 3 aromatic rings. The van der Waals surface area contributed by atoms with E-state index in [4.69, 9.17) is 21.1 Å². The summed E-state index contributed by atoms with van der Waals surface area (Å²) in [7, 11) is 3.18. The number of carboxylic acid groups (broad SMARTS) is 1. The number of nitrogens with zero attached hydrogens (tertiary/aromatic N) is 2. The number of hydrogen-bond donors (Lipinski definition) is 1. The quantitative estimate of drug-likeness (QED) is 0.296. The van der Waals surface area contributed by atoms with Gasteiger partial charge < -0.3 is 14.6 Å². The zero-order chi connectivity index (χ0) is 26.7. The SMILES string of the molecule is COc1cc(/C=C2/SC(=Nc3cccc(C(=O)O)c3C)N(C)C2=O)cc(Br)c1OCc1ccccc1Cl. The van der Waals surface area contributed by atoms with Crippen LogP contribution in [-0.2, 0) is 11.4 Å². The first-order valence-electron chi connectivity index (χ1n) is 11.0. The lowest BCUT2D eigenvalue weighted by Crippen LogP contribution is -2.23. The third kappa shape index (κ3) is 5.84. The number of ether oxygens (including phenoxy) is 2. The van der Waals surface area contributed by atoms with Gasteiger partial charge in [0.1, 0.15) is 6.61 Å². The van der Waals surface area contributed by atoms with Crippen LogP contribution in [0.5, 0.6) is 11.5 Å². The Hall–Kier alpha value is -3.27. The Kier molecular flexibility index (Phi) is 8.26. The molecule has 0 radical (unpaired) electrons. The van der Waals surface area contributed by atoms with E-state index >= 15 is 0 Å². The van der Waals surface area contributed by atoms with Gasteiger partial charge in [0.2, 0.25) is 0 Å². The van der Waals surface area contributed by atoms with E-state index in [1.54, 1.807) is 51.4 Å². The molecule has 0 saturated carbocycles. The molecule has 0 spiro atoms. The third-order valence-electron chi connectivity index (χ3n) is 5.63. The number of amides is 1. The van der Waals surface area contributed by atoms with Gasteiger partial charge in [0.25, 0.3) is 5.91 Å². The minimum atomic E-state index is -1.03. The highest BCUT2D eigenvalue weighted by Crippen LogP contribution is 2.40. The summed E-state index contributed by atoms with van der Waals surface area (Å²) in [4.78, 5) is 30.9. The molecule has 0 bridgehead atoms. The lowest BCUT2D eigenvalue weighted by Gasteiger charge is -2.14. The van der Waals surface area contributed by atoms with Gasteiger partial charge in [-0.25, -0.2) is 9.79 Å². The van der Waals surface area contributed by atoms with Crippen molar-refractivity contribution in [3.05, 3.63) is 91.3 Å². The molecule has 1 amide bonds. The van der Waals surface area contributed by atoms with Crippen molar-refractivity contribution in [2.75, 3.05) is 14.2 Å². The van der Waals surface area contributed by atoms with Crippen molar-refractivity contribution in [1.29, 1.82) is 0 Å². The van der Waals surface area contributed by atoms with Gasteiger partial charge in [0.15, 0.2) is 16.7 Å². The summed E-state index contributed by atoms with van der Waals surface area (Å²) in [6, 6.07) is 15.9. The van der Waals surface area contributed by atoms with Gasteiger partial charge in [-0.2, -0.15) is 0 Å². The number of benzene rings is 3. The van der Waals surface area contributed by atoms with Crippen molar-refractivity contribution in [3.63, 3.8) is 0 Å². The molecule has 1 aliphatic rings. The summed E-state index contributed by atoms with van der Waals surface area (Å²) >= 11 is 11.0. The molecule has 7 nitrogen and oxygen atoms in total. The average molecular weight is 602 g/mol. The summed E-state index contributed by atoms with van der Waals surface area (Å²) in [5.74, 6) is -0.234. The number of carbonyl (C=O) groups excluding carboxylic acids is 1. The van der Waals surface area contributed by atoms with Crippen molar-refractivity contribution in [2.45, 2.75) is 13.5 Å². The molecule has 0 atom stereocenters. The standard InChI is InChI=1S/C27H22BrClN2O5S/c1-15-18(26(33)34)8-6-10-21(15)30-27-31(2)25(32)23(37-27)13-16-11-19(28)24(22(12-16)35-3)36-14-17-7-4-5-9-20(17)29/h4-13H,14H2,1-3H3,(H,33,34)/b23-13+,30-27?. The van der Waals surface area contributed by atoms with Crippen LogP contribution in [0.4, 0.5) is 5.69 Å². The maximum atomic E-state index is 12.9. The molecular weight excluding hydrogens is 580 g/mol. The van der Waals surface area contributed by atoms with Crippen molar-refractivity contribution in [2.24, 2.45) is 4.99 Å². The smallest absolute Gasteiger partial charge is 0.336 e. The number of amidine groups is 1. The molecule has 0 unspecified atom stereocenters. The second kappa shape index (κ2) is 11.4. The summed E-state index contributed by atoms with van der Waals surface area (Å²) < 4.78 is 12.2. The Morgan fingerprint density at radius 3 is 2.68 bits per heavy atom. The Balaban J connectivity index is 1.60. The number of methoxy groups -OCH3 is 1. The Bertz CT molecular complexity index is 1460. The van der Waals surface area contributed by atoms with Crippen LogP contribution in [0.1, 0.15) is 27.0 Å². The van der Waals surface area contributed by atoms with Gasteiger partial charge >= 0.3 is 5.97 Å². The number of aromatic carboxylic acids is 1. The Labute approximate surface area is 231 Å². The van der Waals surface area contributed by atoms with Crippen LogP contribution < -0.4 is 9.47 Å². The molecule has 1 aliphatic heterocycles. The number of likely N-dealkylation sites (N-methyl/N-ethyl adjacent to an activating group) is 1. The molecule has 1 heterocycles. The zero-order valence-electron chi connectivity index (χ0n) is 20.1. The molecule has 190 valence electrons. The minimum Gasteiger partial charge on any atom is -0.493 e. The fourth-order valence-electron chi connectivity index (χ4n) is 3.61. The number of carbonyl (C=O) groups is 2. The fraction of sp³-hybridized carbons (Fsp3) is 0.148. The molecule has 1 N–H and O–H groups in total. The van der Waals surface area contributed by atoms with Gasteiger partial charge in [0, 0.05) is 17.6 Å². The van der Waals surface area contributed by atoms with Crippen LogP contribution in [0.15, 0.2) is 69.0 Å². The summed E-state index contributed by atoms with van der Waals surface area (Å²) in [5, 5.41) is 10.4. The van der Waals surface area contributed by atoms with E-state index in [1.807, 2.05) is 24.3 Å². The van der Waals surface area contributed by atoms with Crippen LogP contribution >= 0.6 is 39.3 Å². The number of carboxylic acids is 1. The summed E-state index contributed by atoms with van der Waals surface area (Å²) in [5.41, 5.74) is 2.76. The largest absolute Gasteiger partial charge is 0.493 e. The number of hydrogen-bond acceptors (Lipinski definition) is 6. The number of aliphatic imine (C=N–C) groups is 1. The molecule has 4 rings (SSSR count). The molecular formula is C27H22BrClN2O5S. The van der Waals surface area contributed by atoms with Gasteiger partial charge in [-0.3, -0.25) is 9.69 Å². The Morgan fingerprint density at radius 2 is 1.97 bits per heavy atom. The zero-order valence-corrected chi connectivity index (χ0v) is 23.3. The molecule has 0 aliphatic carbocycles. The van der Waals surface area contributed by atoms with E-state index in [1.165, 1.54) is 22.7 Å². The molecule has 1 saturated heterocycles. The summed E-state index contributed by atoms with van der Waals surface area (Å²) in [6.45, 7) is 1.96. The fourth-order valence-corrected chi connectivity index (χ4v) is 5.36. The number of thioether (sulfide) groups is 1. The molecule has 1 fully saturated rings. The van der Waals surface area contributed by atoms with E-state index in [0.717, 1.165) is 11.1 Å². The second-order valence-corrected chi connectivity index (χ2v) is 10.3. The highest BCUT2D eigenvalue weighted by Gasteiger charge is 2.31. The van der Waals surface area contributed by atoms with Gasteiger partial charge in [0.05, 0.1) is 27.7 Å². The van der Waals surface area contributed by atoms with Crippen LogP contribution in [-0.4, -0.2) is 41.2 Å². The minimum absolute atomic E-state index is 0.170. The van der Waals surface area contributed by atoms with E-state index in [-0.39, 0.29) is 18.1 Å². The Morgan fingerprint density at radius 1 is 1.22 bits per heavy atom. The van der Waals surface area contributed by atoms with E-state index < -0.39 is 5.97 Å². The summed E-state index contributed by atoms with van der Waals surface area (Å²) in [6.07, 6.45) is 1.75. The van der Waals surface area contributed by atoms with Gasteiger partial charge in [-0.05, 0) is 82.2 Å². The molecule has 10 heteroatoms. The third-order valence-corrected chi connectivity index (χ3v) is 7.65. The monoisotopic (exact) mass is 600 g/mol. The average Bonchev–Trinajstić information content (AvgIpc) is 3.12. The van der Waals surface area contributed by atoms with E-state index in [0.29, 0.717) is 42.3 Å². The van der Waals surface area contributed by atoms with Crippen molar-refractivity contribution < 1.29 is 24.2 Å². The van der Waals surface area contributed by atoms with Crippen LogP contribution in [0.25, 0.3) is 6.08 Å². The first-order chi connectivity index (χ1) is 17.7. The van der Waals surface area contributed by atoms with Crippen molar-refractivity contribution in [1.82, 2.24) is 4.90 Å². The topological polar surface area (TPSA) is 88.4 Å². The first kappa shape index (κ1) is 26.8. The van der Waals surface area contributed by atoms with E-state index in [9.17, 15) is 14.7 Å². The highest BCUT2D eigenvalue weighted by atomic mass is 79.9. The normalized spacial score (nSPS) is 15.5. The lowest BCUT2D eigenvalue weighted by atomic mass is 10.1. The predicted octanol–water partition coefficient (Wildman–Crippen LogP) is 6.93.